The summed E-state index contributed by atoms with van der Waals surface area (Å²) in [4.78, 5) is 31.1. The minimum atomic E-state index is -1.40. The Kier molecular flexibility index (Phi) is 3.19. The van der Waals surface area contributed by atoms with Gasteiger partial charge in [-0.2, -0.15) is 0 Å². The fourth-order valence-corrected chi connectivity index (χ4v) is 1.04. The topological polar surface area (TPSA) is 107 Å². The van der Waals surface area contributed by atoms with Gasteiger partial charge in [0.2, 0.25) is 0 Å². The van der Waals surface area contributed by atoms with E-state index in [-0.39, 0.29) is 11.4 Å². The fourth-order valence-electron chi connectivity index (χ4n) is 1.04. The van der Waals surface area contributed by atoms with Crippen LogP contribution in [0, 0.1) is 10.1 Å². The van der Waals surface area contributed by atoms with Gasteiger partial charge in [0, 0.05) is 19.1 Å². The molecule has 0 saturated carbocycles. The first-order chi connectivity index (χ1) is 7.41. The summed E-state index contributed by atoms with van der Waals surface area (Å²) in [5, 5.41) is 19.2. The summed E-state index contributed by atoms with van der Waals surface area (Å²) in [6.07, 6.45) is 0. The number of hydrogen-bond acceptors (Lipinski definition) is 5. The molecule has 7 nitrogen and oxygen atoms in total. The lowest BCUT2D eigenvalue weighted by Crippen LogP contribution is -2.07. The summed E-state index contributed by atoms with van der Waals surface area (Å²) in [7, 11) is 0. The van der Waals surface area contributed by atoms with Gasteiger partial charge in [-0.1, -0.05) is 0 Å². The molecule has 0 unspecified atom stereocenters. The molecule has 0 radical (unpaired) electrons. The first kappa shape index (κ1) is 11.6. The standard InChI is InChI=1S/C9H7NO6/c1-5(11)16-8-3-2-6(10(14)15)4-7(8)9(12)13/h2-4H,1H3,(H,12,13). The average molecular weight is 225 g/mol. The van der Waals surface area contributed by atoms with E-state index in [1.165, 1.54) is 0 Å². The largest absolute Gasteiger partial charge is 0.478 e. The van der Waals surface area contributed by atoms with Crippen molar-refractivity contribution < 1.29 is 24.4 Å². The predicted octanol–water partition coefficient (Wildman–Crippen LogP) is 1.22. The first-order valence-electron chi connectivity index (χ1n) is 4.12. The Bertz CT molecular complexity index is 467. The summed E-state index contributed by atoms with van der Waals surface area (Å²) in [6.45, 7) is 1.10. The molecule has 0 fully saturated rings. The van der Waals surface area contributed by atoms with E-state index in [0.717, 1.165) is 25.1 Å². The van der Waals surface area contributed by atoms with E-state index in [0.29, 0.717) is 0 Å². The Morgan fingerprint density at radius 3 is 2.50 bits per heavy atom. The number of carbonyl (C=O) groups is 2. The molecule has 84 valence electrons. The minimum Gasteiger partial charge on any atom is -0.478 e. The van der Waals surface area contributed by atoms with Crippen LogP contribution in [0.1, 0.15) is 17.3 Å². The predicted molar refractivity (Wildman–Crippen MR) is 51.4 cm³/mol. The Morgan fingerprint density at radius 1 is 1.44 bits per heavy atom. The number of aromatic carboxylic acids is 1. The maximum absolute atomic E-state index is 10.8. The van der Waals surface area contributed by atoms with Crippen LogP contribution in [0.2, 0.25) is 0 Å². The van der Waals surface area contributed by atoms with E-state index in [4.69, 9.17) is 5.11 Å². The van der Waals surface area contributed by atoms with E-state index in [1.807, 2.05) is 0 Å². The molecule has 16 heavy (non-hydrogen) atoms. The number of benzene rings is 1. The molecule has 1 aromatic rings. The maximum Gasteiger partial charge on any atom is 0.339 e. The van der Waals surface area contributed by atoms with Gasteiger partial charge >= 0.3 is 11.9 Å². The van der Waals surface area contributed by atoms with Gasteiger partial charge in [0.25, 0.3) is 5.69 Å². The number of nitro benzene ring substituents is 1. The third-order valence-electron chi connectivity index (χ3n) is 1.66. The molecule has 0 aliphatic carbocycles. The maximum atomic E-state index is 10.8. The molecular formula is C9H7NO6. The van der Waals surface area contributed by atoms with Crippen molar-refractivity contribution in [1.29, 1.82) is 0 Å². The zero-order chi connectivity index (χ0) is 12.3. The number of ether oxygens (including phenoxy) is 1. The molecular weight excluding hydrogens is 218 g/mol. The molecule has 0 saturated heterocycles. The number of carbonyl (C=O) groups excluding carboxylic acids is 1. The smallest absolute Gasteiger partial charge is 0.339 e. The van der Waals surface area contributed by atoms with Gasteiger partial charge in [-0.15, -0.1) is 0 Å². The third-order valence-corrected chi connectivity index (χ3v) is 1.66. The molecule has 1 rings (SSSR count). The quantitative estimate of drug-likeness (QED) is 0.358. The van der Waals surface area contributed by atoms with Crippen molar-refractivity contribution in [3.63, 3.8) is 0 Å². The highest BCUT2D eigenvalue weighted by molar-refractivity contribution is 5.92. The monoisotopic (exact) mass is 225 g/mol. The number of esters is 1. The highest BCUT2D eigenvalue weighted by Gasteiger charge is 2.17. The van der Waals surface area contributed by atoms with E-state index >= 15 is 0 Å². The Hall–Kier alpha value is -2.44. The van der Waals surface area contributed by atoms with Gasteiger partial charge in [-0.25, -0.2) is 4.79 Å². The van der Waals surface area contributed by atoms with Crippen LogP contribution in [0.15, 0.2) is 18.2 Å². The summed E-state index contributed by atoms with van der Waals surface area (Å²) in [5.41, 5.74) is -0.808. The number of carboxylic acids is 1. The summed E-state index contributed by atoms with van der Waals surface area (Å²) in [5.74, 6) is -2.32. The van der Waals surface area contributed by atoms with Crippen LogP contribution in [0.25, 0.3) is 0 Å². The van der Waals surface area contributed by atoms with Gasteiger partial charge in [0.05, 0.1) is 4.92 Å². The summed E-state index contributed by atoms with van der Waals surface area (Å²) < 4.78 is 4.60. The SMILES string of the molecule is CC(=O)Oc1ccc([N+](=O)[O-])cc1C(=O)O. The molecule has 0 amide bonds. The highest BCUT2D eigenvalue weighted by atomic mass is 16.6. The van der Waals surface area contributed by atoms with Crippen molar-refractivity contribution in [2.24, 2.45) is 0 Å². The molecule has 0 atom stereocenters. The van der Waals surface area contributed by atoms with Gasteiger partial charge in [0.15, 0.2) is 0 Å². The highest BCUT2D eigenvalue weighted by Crippen LogP contribution is 2.24. The first-order valence-corrected chi connectivity index (χ1v) is 4.12. The van der Waals surface area contributed by atoms with Gasteiger partial charge in [-0.05, 0) is 6.07 Å². The zero-order valence-electron chi connectivity index (χ0n) is 8.17. The number of nitrogens with zero attached hydrogens (tertiary/aromatic N) is 1. The normalized spacial score (nSPS) is 9.56. The summed E-state index contributed by atoms with van der Waals surface area (Å²) >= 11 is 0. The Morgan fingerprint density at radius 2 is 2.06 bits per heavy atom. The lowest BCUT2D eigenvalue weighted by atomic mass is 10.2. The average Bonchev–Trinajstić information content (AvgIpc) is 2.16. The second-order valence-electron chi connectivity index (χ2n) is 2.84. The minimum absolute atomic E-state index is 0.217. The summed E-state index contributed by atoms with van der Waals surface area (Å²) in [6, 6.07) is 2.97. The lowest BCUT2D eigenvalue weighted by Gasteiger charge is -2.04. The van der Waals surface area contributed by atoms with Crippen molar-refractivity contribution in [2.75, 3.05) is 0 Å². The van der Waals surface area contributed by atoms with Crippen molar-refractivity contribution in [2.45, 2.75) is 6.92 Å². The number of non-ortho nitro benzene ring substituents is 1. The molecule has 1 aromatic carbocycles. The lowest BCUT2D eigenvalue weighted by molar-refractivity contribution is -0.384. The van der Waals surface area contributed by atoms with E-state index in [2.05, 4.69) is 4.74 Å². The van der Waals surface area contributed by atoms with Crippen LogP contribution in [-0.2, 0) is 4.79 Å². The fraction of sp³-hybridized carbons (Fsp3) is 0.111. The van der Waals surface area contributed by atoms with Crippen molar-refractivity contribution in [3.05, 3.63) is 33.9 Å². The second kappa shape index (κ2) is 4.39. The zero-order valence-corrected chi connectivity index (χ0v) is 8.17. The van der Waals surface area contributed by atoms with Gasteiger partial charge < -0.3 is 9.84 Å². The van der Waals surface area contributed by atoms with Crippen LogP contribution in [0.5, 0.6) is 5.75 Å². The molecule has 0 aliphatic heterocycles. The molecule has 0 aliphatic rings. The molecule has 1 N–H and O–H groups in total. The van der Waals surface area contributed by atoms with Crippen LogP contribution in [0.4, 0.5) is 5.69 Å². The second-order valence-corrected chi connectivity index (χ2v) is 2.84. The Labute approximate surface area is 89.4 Å². The van der Waals surface area contributed by atoms with Crippen molar-refractivity contribution in [1.82, 2.24) is 0 Å². The van der Waals surface area contributed by atoms with Crippen LogP contribution >= 0.6 is 0 Å². The van der Waals surface area contributed by atoms with E-state index < -0.39 is 22.4 Å². The molecule has 7 heteroatoms. The van der Waals surface area contributed by atoms with Crippen molar-refractivity contribution in [3.8, 4) is 5.75 Å². The number of rotatable bonds is 3. The molecule has 0 heterocycles. The Balaban J connectivity index is 3.24. The number of nitro groups is 1. The van der Waals surface area contributed by atoms with Crippen molar-refractivity contribution >= 4 is 17.6 Å². The number of hydrogen-bond donors (Lipinski definition) is 1. The van der Waals surface area contributed by atoms with E-state index in [9.17, 15) is 19.7 Å². The molecule has 0 spiro atoms. The van der Waals surface area contributed by atoms with Gasteiger partial charge in [0.1, 0.15) is 11.3 Å². The molecule has 0 aromatic heterocycles. The van der Waals surface area contributed by atoms with Crippen LogP contribution < -0.4 is 4.74 Å². The van der Waals surface area contributed by atoms with Crippen LogP contribution in [0.3, 0.4) is 0 Å². The van der Waals surface area contributed by atoms with E-state index in [1.54, 1.807) is 0 Å². The van der Waals surface area contributed by atoms with Crippen LogP contribution in [-0.4, -0.2) is 22.0 Å². The van der Waals surface area contributed by atoms with Gasteiger partial charge in [-0.3, -0.25) is 14.9 Å². The molecule has 0 bridgehead atoms. The third kappa shape index (κ3) is 2.53. The number of carboxylic acid groups (broad SMARTS) is 1.